The summed E-state index contributed by atoms with van der Waals surface area (Å²) in [5.74, 6) is 0. The van der Waals surface area contributed by atoms with Gasteiger partial charge in [0, 0.05) is 0 Å². The van der Waals surface area contributed by atoms with E-state index in [4.69, 9.17) is 35.6 Å². The van der Waals surface area contributed by atoms with E-state index in [1.807, 2.05) is 6.07 Å². The van der Waals surface area contributed by atoms with E-state index in [2.05, 4.69) is 12.2 Å². The first-order valence-corrected chi connectivity index (χ1v) is 5.89. The van der Waals surface area contributed by atoms with Crippen LogP contribution >= 0.6 is 43.5 Å². The van der Waals surface area contributed by atoms with E-state index in [-0.39, 0.29) is 0 Å². The first kappa shape index (κ1) is 11.5. The maximum atomic E-state index is 5.20. The van der Waals surface area contributed by atoms with Gasteiger partial charge >= 0.3 is 91.4 Å². The molecule has 0 aliphatic heterocycles. The van der Waals surface area contributed by atoms with Crippen molar-refractivity contribution < 1.29 is 12.2 Å². The second-order valence-electron chi connectivity index (χ2n) is 2.15. The number of hydrogen-bond acceptors (Lipinski definition) is 3. The molecule has 0 aromatic heterocycles. The predicted molar refractivity (Wildman–Crippen MR) is 55.2 cm³/mol. The number of benzene rings is 1. The number of rotatable bonds is 4. The minimum atomic E-state index is -3.30. The monoisotopic (exact) mass is 262 g/mol. The average Bonchev–Trinajstić information content (AvgIpc) is 2.23. The van der Waals surface area contributed by atoms with Gasteiger partial charge in [-0.2, -0.15) is 0 Å². The van der Waals surface area contributed by atoms with E-state index in [9.17, 15) is 0 Å². The fraction of sp³-hybridized carbons (Fsp3) is 0. The molecule has 0 bridgehead atoms. The SMILES string of the molecule is ClO[PH](OCl)(OCl)c1ccccc1. The molecule has 0 atom stereocenters. The summed E-state index contributed by atoms with van der Waals surface area (Å²) in [7, 11) is -3.30. The van der Waals surface area contributed by atoms with Gasteiger partial charge in [-0.3, -0.25) is 0 Å². The van der Waals surface area contributed by atoms with Gasteiger partial charge < -0.3 is 0 Å². The molecule has 3 nitrogen and oxygen atoms in total. The van der Waals surface area contributed by atoms with E-state index >= 15 is 0 Å². The molecule has 0 heterocycles. The molecule has 0 spiro atoms. The molecule has 0 amide bonds. The molecular formula is C6H6Cl3O3P. The Bertz CT molecular complexity index is 246. The zero-order valence-electron chi connectivity index (χ0n) is 6.25. The van der Waals surface area contributed by atoms with Crippen LogP contribution in [0.25, 0.3) is 0 Å². The molecule has 0 aliphatic carbocycles. The van der Waals surface area contributed by atoms with Crippen molar-refractivity contribution in [2.45, 2.75) is 0 Å². The van der Waals surface area contributed by atoms with Crippen molar-refractivity contribution in [3.05, 3.63) is 30.3 Å². The van der Waals surface area contributed by atoms with Crippen LogP contribution in [0.4, 0.5) is 0 Å². The fourth-order valence-corrected chi connectivity index (χ4v) is 3.41. The van der Waals surface area contributed by atoms with Gasteiger partial charge in [0.05, 0.1) is 0 Å². The molecule has 1 aromatic carbocycles. The van der Waals surface area contributed by atoms with E-state index in [0.717, 1.165) is 0 Å². The van der Waals surface area contributed by atoms with Crippen LogP contribution in [-0.2, 0) is 12.2 Å². The molecule has 0 fully saturated rings. The van der Waals surface area contributed by atoms with Crippen LogP contribution in [0.15, 0.2) is 30.3 Å². The van der Waals surface area contributed by atoms with Gasteiger partial charge in [0.15, 0.2) is 0 Å². The molecule has 1 aromatic rings. The van der Waals surface area contributed by atoms with Gasteiger partial charge in [-0.1, -0.05) is 0 Å². The van der Waals surface area contributed by atoms with Crippen LogP contribution in [0.5, 0.6) is 0 Å². The molecule has 0 aliphatic rings. The summed E-state index contributed by atoms with van der Waals surface area (Å²) < 4.78 is 13.6. The van der Waals surface area contributed by atoms with E-state index < -0.39 is 7.94 Å². The molecule has 0 saturated heterocycles. The first-order valence-electron chi connectivity index (χ1n) is 3.24. The summed E-state index contributed by atoms with van der Waals surface area (Å²) in [6.07, 6.45) is 0. The molecule has 0 N–H and O–H groups in total. The summed E-state index contributed by atoms with van der Waals surface area (Å²) in [4.78, 5) is 0. The Balaban J connectivity index is 3.01. The zero-order chi connectivity index (χ0) is 9.73. The quantitative estimate of drug-likeness (QED) is 0.780. The third-order valence-electron chi connectivity index (χ3n) is 1.43. The maximum absolute atomic E-state index is 5.20. The summed E-state index contributed by atoms with van der Waals surface area (Å²) in [6.45, 7) is 0. The van der Waals surface area contributed by atoms with Crippen LogP contribution < -0.4 is 5.30 Å². The number of halogens is 3. The Morgan fingerprint density at radius 3 is 1.69 bits per heavy atom. The van der Waals surface area contributed by atoms with Gasteiger partial charge in [0.2, 0.25) is 0 Å². The summed E-state index contributed by atoms with van der Waals surface area (Å²) in [5, 5.41) is 0.579. The van der Waals surface area contributed by atoms with Crippen molar-refractivity contribution in [2.24, 2.45) is 0 Å². The van der Waals surface area contributed by atoms with Crippen molar-refractivity contribution in [1.82, 2.24) is 0 Å². The van der Waals surface area contributed by atoms with Gasteiger partial charge in [0.1, 0.15) is 0 Å². The number of hydrogen-bond donors (Lipinski definition) is 0. The Morgan fingerprint density at radius 2 is 1.31 bits per heavy atom. The van der Waals surface area contributed by atoms with Gasteiger partial charge in [-0.25, -0.2) is 0 Å². The van der Waals surface area contributed by atoms with Crippen LogP contribution in [-0.4, -0.2) is 0 Å². The standard InChI is InChI=1S/C6H6Cl3O3P/c7-10-13(11-8,12-9)6-4-2-1-3-5-6/h1-5,13H. The minimum absolute atomic E-state index is 0.579. The third kappa shape index (κ3) is 2.45. The molecule has 74 valence electrons. The molecular weight excluding hydrogens is 257 g/mol. The van der Waals surface area contributed by atoms with Crippen molar-refractivity contribution in [2.75, 3.05) is 0 Å². The molecule has 7 heteroatoms. The van der Waals surface area contributed by atoms with E-state index in [0.29, 0.717) is 5.30 Å². The van der Waals surface area contributed by atoms with Crippen molar-refractivity contribution in [3.8, 4) is 0 Å². The van der Waals surface area contributed by atoms with Crippen LogP contribution in [0.2, 0.25) is 0 Å². The van der Waals surface area contributed by atoms with Gasteiger partial charge in [-0.05, 0) is 0 Å². The van der Waals surface area contributed by atoms with Crippen LogP contribution in [0.3, 0.4) is 0 Å². The topological polar surface area (TPSA) is 27.7 Å². The van der Waals surface area contributed by atoms with Crippen LogP contribution in [0.1, 0.15) is 0 Å². The molecule has 1 rings (SSSR count). The Labute approximate surface area is 91.5 Å². The van der Waals surface area contributed by atoms with E-state index in [1.165, 1.54) is 0 Å². The van der Waals surface area contributed by atoms with Gasteiger partial charge in [0.25, 0.3) is 0 Å². The second kappa shape index (κ2) is 5.32. The molecule has 0 radical (unpaired) electrons. The summed E-state index contributed by atoms with van der Waals surface area (Å²) in [6, 6.07) is 8.73. The fourth-order valence-electron chi connectivity index (χ4n) is 0.812. The van der Waals surface area contributed by atoms with Crippen LogP contribution in [0, 0.1) is 0 Å². The Hall–Kier alpha value is 0.400. The van der Waals surface area contributed by atoms with E-state index in [1.54, 1.807) is 24.3 Å². The Kier molecular flexibility index (Phi) is 4.70. The third-order valence-corrected chi connectivity index (χ3v) is 4.91. The molecule has 0 saturated carbocycles. The average molecular weight is 263 g/mol. The molecule has 13 heavy (non-hydrogen) atoms. The van der Waals surface area contributed by atoms with Crippen molar-refractivity contribution in [3.63, 3.8) is 0 Å². The van der Waals surface area contributed by atoms with Gasteiger partial charge in [-0.15, -0.1) is 0 Å². The zero-order valence-corrected chi connectivity index (χ0v) is 9.51. The Morgan fingerprint density at radius 1 is 0.846 bits per heavy atom. The second-order valence-corrected chi connectivity index (χ2v) is 5.70. The first-order chi connectivity index (χ1) is 6.29. The molecule has 0 unspecified atom stereocenters. The van der Waals surface area contributed by atoms with Crippen molar-refractivity contribution >= 4 is 48.8 Å². The summed E-state index contributed by atoms with van der Waals surface area (Å²) >= 11 is 15.6. The summed E-state index contributed by atoms with van der Waals surface area (Å²) in [5.41, 5.74) is 0. The van der Waals surface area contributed by atoms with Crippen molar-refractivity contribution in [1.29, 1.82) is 0 Å². The predicted octanol–water partition coefficient (Wildman–Crippen LogP) is 3.32. The normalized spacial score (nSPS) is 12.8.